The van der Waals surface area contributed by atoms with Crippen LogP contribution in [0.1, 0.15) is 16.7 Å². The topological polar surface area (TPSA) is 24.7 Å². The molecule has 0 aromatic heterocycles. The summed E-state index contributed by atoms with van der Waals surface area (Å²) in [5.74, 6) is -0.446. The number of hydrogen-bond acceptors (Lipinski definition) is 2. The average Bonchev–Trinajstić information content (AvgIpc) is 2.45. The first-order valence-electron chi connectivity index (χ1n) is 5.96. The number of benzene rings is 2. The highest BCUT2D eigenvalue weighted by molar-refractivity contribution is 9.10. The van der Waals surface area contributed by atoms with E-state index >= 15 is 0 Å². The Labute approximate surface area is 140 Å². The van der Waals surface area contributed by atoms with Crippen LogP contribution in [0, 0.1) is 12.7 Å². The minimum atomic E-state index is -0.446. The minimum absolute atomic E-state index is 0.0530. The van der Waals surface area contributed by atoms with E-state index in [4.69, 9.17) is 23.2 Å². The second kappa shape index (κ2) is 7.16. The third kappa shape index (κ3) is 4.37. The van der Waals surface area contributed by atoms with Crippen molar-refractivity contribution in [1.82, 2.24) is 0 Å². The lowest BCUT2D eigenvalue weighted by Crippen LogP contribution is -1.97. The Morgan fingerprint density at radius 3 is 2.24 bits per heavy atom. The molecule has 0 amide bonds. The SMILES string of the molecule is Cc1ccc(/C(Cl)=N/N=C(\Cl)c2ccc(Br)cc2)c(F)c1. The number of halogens is 4. The summed E-state index contributed by atoms with van der Waals surface area (Å²) >= 11 is 15.3. The first-order valence-corrected chi connectivity index (χ1v) is 7.51. The zero-order chi connectivity index (χ0) is 15.4. The minimum Gasteiger partial charge on any atom is -0.206 e. The smallest absolute Gasteiger partial charge is 0.161 e. The Kier molecular flexibility index (Phi) is 5.51. The molecule has 0 heterocycles. The summed E-state index contributed by atoms with van der Waals surface area (Å²) in [6.07, 6.45) is 0. The van der Waals surface area contributed by atoms with Gasteiger partial charge in [0.05, 0.1) is 0 Å². The van der Waals surface area contributed by atoms with Crippen LogP contribution >= 0.6 is 39.1 Å². The quantitative estimate of drug-likeness (QED) is 0.491. The lowest BCUT2D eigenvalue weighted by molar-refractivity contribution is 0.624. The monoisotopic (exact) mass is 386 g/mol. The van der Waals surface area contributed by atoms with Gasteiger partial charge in [0.25, 0.3) is 0 Å². The third-order valence-electron chi connectivity index (χ3n) is 2.65. The van der Waals surface area contributed by atoms with Crippen molar-refractivity contribution in [3.63, 3.8) is 0 Å². The van der Waals surface area contributed by atoms with Crippen molar-refractivity contribution in [2.45, 2.75) is 6.92 Å². The summed E-state index contributed by atoms with van der Waals surface area (Å²) in [5.41, 5.74) is 1.68. The lowest BCUT2D eigenvalue weighted by atomic mass is 10.1. The molecule has 0 saturated heterocycles. The van der Waals surface area contributed by atoms with E-state index in [1.54, 1.807) is 31.2 Å². The molecule has 2 nitrogen and oxygen atoms in total. The van der Waals surface area contributed by atoms with Crippen LogP contribution < -0.4 is 0 Å². The van der Waals surface area contributed by atoms with Crippen LogP contribution in [0.15, 0.2) is 57.1 Å². The Balaban J connectivity index is 2.26. The van der Waals surface area contributed by atoms with Crippen molar-refractivity contribution < 1.29 is 4.39 Å². The first-order chi connectivity index (χ1) is 9.97. The van der Waals surface area contributed by atoms with E-state index in [9.17, 15) is 4.39 Å². The molecule has 0 aliphatic rings. The van der Waals surface area contributed by atoms with Gasteiger partial charge in [-0.3, -0.25) is 0 Å². The summed E-state index contributed by atoms with van der Waals surface area (Å²) in [4.78, 5) is 0. The van der Waals surface area contributed by atoms with Gasteiger partial charge in [0.2, 0.25) is 0 Å². The van der Waals surface area contributed by atoms with Crippen LogP contribution in [0.25, 0.3) is 0 Å². The second-order valence-electron chi connectivity index (χ2n) is 4.27. The molecule has 0 radical (unpaired) electrons. The fraction of sp³-hybridized carbons (Fsp3) is 0.0667. The molecule has 0 N–H and O–H groups in total. The summed E-state index contributed by atoms with van der Waals surface area (Å²) < 4.78 is 14.7. The summed E-state index contributed by atoms with van der Waals surface area (Å²) in [6, 6.07) is 11.9. The molecule has 2 aromatic rings. The van der Waals surface area contributed by atoms with Crippen molar-refractivity contribution in [1.29, 1.82) is 0 Å². The highest BCUT2D eigenvalue weighted by Gasteiger charge is 2.07. The molecule has 2 aromatic carbocycles. The molecule has 6 heteroatoms. The maximum Gasteiger partial charge on any atom is 0.161 e. The first kappa shape index (κ1) is 16.1. The van der Waals surface area contributed by atoms with Crippen LogP contribution in [-0.2, 0) is 0 Å². The van der Waals surface area contributed by atoms with Gasteiger partial charge in [-0.2, -0.15) is 0 Å². The van der Waals surface area contributed by atoms with Gasteiger partial charge in [0, 0.05) is 15.6 Å². The summed E-state index contributed by atoms with van der Waals surface area (Å²) in [5, 5.41) is 7.71. The summed E-state index contributed by atoms with van der Waals surface area (Å²) in [7, 11) is 0. The third-order valence-corrected chi connectivity index (χ3v) is 3.76. The molecule has 0 aliphatic carbocycles. The van der Waals surface area contributed by atoms with Crippen molar-refractivity contribution in [2.75, 3.05) is 0 Å². The van der Waals surface area contributed by atoms with Crippen LogP contribution in [0.3, 0.4) is 0 Å². The molecule has 21 heavy (non-hydrogen) atoms. The fourth-order valence-electron chi connectivity index (χ4n) is 1.57. The standard InChI is InChI=1S/C15H10BrCl2FN2/c1-9-2-7-12(13(19)8-9)15(18)21-20-14(17)10-3-5-11(16)6-4-10/h2-8H,1H3/b20-14-,21-15-. The second-order valence-corrected chi connectivity index (χ2v) is 5.90. The van der Waals surface area contributed by atoms with Gasteiger partial charge < -0.3 is 0 Å². The van der Waals surface area contributed by atoms with Crippen LogP contribution in [0.4, 0.5) is 4.39 Å². The van der Waals surface area contributed by atoms with E-state index in [0.717, 1.165) is 10.0 Å². The largest absolute Gasteiger partial charge is 0.206 e. The zero-order valence-electron chi connectivity index (χ0n) is 10.9. The Bertz CT molecular complexity index is 712. The predicted molar refractivity (Wildman–Crippen MR) is 90.1 cm³/mol. The van der Waals surface area contributed by atoms with E-state index in [2.05, 4.69) is 26.1 Å². The molecule has 108 valence electrons. The maximum atomic E-state index is 13.7. The fourth-order valence-corrected chi connectivity index (χ4v) is 2.19. The van der Waals surface area contributed by atoms with Gasteiger partial charge in [-0.1, -0.05) is 57.3 Å². The van der Waals surface area contributed by atoms with Gasteiger partial charge >= 0.3 is 0 Å². The van der Waals surface area contributed by atoms with Gasteiger partial charge in [-0.05, 0) is 36.8 Å². The van der Waals surface area contributed by atoms with Crippen LogP contribution in [0.2, 0.25) is 0 Å². The van der Waals surface area contributed by atoms with Crippen molar-refractivity contribution in [3.05, 3.63) is 69.4 Å². The molecular weight excluding hydrogens is 378 g/mol. The zero-order valence-corrected chi connectivity index (χ0v) is 14.0. The molecule has 0 bridgehead atoms. The van der Waals surface area contributed by atoms with Crippen molar-refractivity contribution in [2.24, 2.45) is 10.2 Å². The highest BCUT2D eigenvalue weighted by atomic mass is 79.9. The van der Waals surface area contributed by atoms with E-state index in [-0.39, 0.29) is 15.9 Å². The van der Waals surface area contributed by atoms with E-state index in [0.29, 0.717) is 5.56 Å². The Morgan fingerprint density at radius 1 is 1.00 bits per heavy atom. The maximum absolute atomic E-state index is 13.7. The molecule has 0 spiro atoms. The molecule has 0 saturated carbocycles. The number of nitrogens with zero attached hydrogens (tertiary/aromatic N) is 2. The van der Waals surface area contributed by atoms with Gasteiger partial charge in [-0.25, -0.2) is 4.39 Å². The van der Waals surface area contributed by atoms with Crippen LogP contribution in [-0.4, -0.2) is 10.3 Å². The van der Waals surface area contributed by atoms with Crippen molar-refractivity contribution in [3.8, 4) is 0 Å². The highest BCUT2D eigenvalue weighted by Crippen LogP contribution is 2.15. The van der Waals surface area contributed by atoms with E-state index in [1.165, 1.54) is 6.07 Å². The predicted octanol–water partition coefficient (Wildman–Crippen LogP) is 5.48. The number of hydrogen-bond donors (Lipinski definition) is 0. The lowest BCUT2D eigenvalue weighted by Gasteiger charge is -2.01. The average molecular weight is 388 g/mol. The van der Waals surface area contributed by atoms with E-state index in [1.807, 2.05) is 12.1 Å². The molecule has 0 aliphatic heterocycles. The summed E-state index contributed by atoms with van der Waals surface area (Å²) in [6.45, 7) is 1.79. The number of aryl methyl sites for hydroxylation is 1. The van der Waals surface area contributed by atoms with Crippen molar-refractivity contribution >= 4 is 49.5 Å². The molecular formula is C15H10BrCl2FN2. The van der Waals surface area contributed by atoms with Gasteiger partial charge in [0.15, 0.2) is 10.3 Å². The normalized spacial score (nSPS) is 12.6. The molecule has 0 fully saturated rings. The molecule has 0 unspecified atom stereocenters. The van der Waals surface area contributed by atoms with Crippen LogP contribution in [0.5, 0.6) is 0 Å². The molecule has 0 atom stereocenters. The Hall–Kier alpha value is -1.23. The van der Waals surface area contributed by atoms with Gasteiger partial charge in [-0.15, -0.1) is 10.2 Å². The molecule has 2 rings (SSSR count). The van der Waals surface area contributed by atoms with E-state index < -0.39 is 5.82 Å². The number of rotatable bonds is 3. The Morgan fingerprint density at radius 2 is 1.62 bits per heavy atom. The van der Waals surface area contributed by atoms with Gasteiger partial charge in [0.1, 0.15) is 5.82 Å².